The lowest BCUT2D eigenvalue weighted by Crippen LogP contribution is -2.03. The molecule has 0 radical (unpaired) electrons. The van der Waals surface area contributed by atoms with E-state index >= 15 is 0 Å². The van der Waals surface area contributed by atoms with Crippen LogP contribution >= 0.6 is 0 Å². The van der Waals surface area contributed by atoms with Crippen LogP contribution in [-0.2, 0) is 6.42 Å². The van der Waals surface area contributed by atoms with Gasteiger partial charge in [-0.2, -0.15) is 0 Å². The lowest BCUT2D eigenvalue weighted by molar-refractivity contribution is 0.832. The smallest absolute Gasteiger partial charge is 0.0586 e. The average Bonchev–Trinajstić information content (AvgIpc) is 3.21. The molecular weight excluding hydrogens is 232 g/mol. The van der Waals surface area contributed by atoms with Gasteiger partial charge in [-0.15, -0.1) is 0 Å². The first-order valence-corrected chi connectivity index (χ1v) is 6.93. The van der Waals surface area contributed by atoms with E-state index in [0.29, 0.717) is 11.4 Å². The monoisotopic (exact) mass is 254 g/mol. The highest BCUT2D eigenvalue weighted by molar-refractivity contribution is 6.09. The van der Waals surface area contributed by atoms with E-state index in [1.165, 1.54) is 18.4 Å². The van der Waals surface area contributed by atoms with Gasteiger partial charge in [0.05, 0.1) is 5.71 Å². The third-order valence-electron chi connectivity index (χ3n) is 3.59. The fourth-order valence-corrected chi connectivity index (χ4v) is 2.06. The van der Waals surface area contributed by atoms with Crippen LogP contribution in [0.4, 0.5) is 0 Å². The van der Waals surface area contributed by atoms with E-state index in [-0.39, 0.29) is 0 Å². The molecule has 1 aliphatic rings. The molecule has 1 fully saturated rings. The van der Waals surface area contributed by atoms with E-state index in [2.05, 4.69) is 18.7 Å². The summed E-state index contributed by atoms with van der Waals surface area (Å²) in [7, 11) is 0. The minimum atomic E-state index is 0.424. The number of nitrogens with two attached hydrogens (primary N) is 1. The van der Waals surface area contributed by atoms with Crippen LogP contribution < -0.4 is 5.73 Å². The third-order valence-corrected chi connectivity index (χ3v) is 3.59. The Morgan fingerprint density at radius 1 is 1.47 bits per heavy atom. The van der Waals surface area contributed by atoms with Crippen molar-refractivity contribution in [3.05, 3.63) is 53.6 Å². The van der Waals surface area contributed by atoms with E-state index in [4.69, 9.17) is 11.1 Å². The maximum Gasteiger partial charge on any atom is 0.0586 e. The van der Waals surface area contributed by atoms with Gasteiger partial charge >= 0.3 is 0 Å². The lowest BCUT2D eigenvalue weighted by atomic mass is 10.0. The van der Waals surface area contributed by atoms with Gasteiger partial charge in [-0.3, -0.25) is 0 Å². The topological polar surface area (TPSA) is 49.9 Å². The molecule has 100 valence electrons. The number of benzene rings is 1. The molecule has 3 N–H and O–H groups in total. The van der Waals surface area contributed by atoms with Gasteiger partial charge in [0, 0.05) is 5.70 Å². The first kappa shape index (κ1) is 13.6. The van der Waals surface area contributed by atoms with E-state index in [9.17, 15) is 0 Å². The number of allylic oxidation sites excluding steroid dienone is 2. The predicted octanol–water partition coefficient (Wildman–Crippen LogP) is 3.92. The molecule has 1 aliphatic carbocycles. The minimum Gasteiger partial charge on any atom is -0.398 e. The largest absolute Gasteiger partial charge is 0.398 e. The highest BCUT2D eigenvalue weighted by Gasteiger charge is 2.21. The maximum absolute atomic E-state index is 7.90. The van der Waals surface area contributed by atoms with Gasteiger partial charge < -0.3 is 11.1 Å². The van der Waals surface area contributed by atoms with Crippen LogP contribution in [-0.4, -0.2) is 5.71 Å². The molecule has 19 heavy (non-hydrogen) atoms. The molecule has 0 aromatic heterocycles. The van der Waals surface area contributed by atoms with Gasteiger partial charge in [0.1, 0.15) is 0 Å². The van der Waals surface area contributed by atoms with Crippen molar-refractivity contribution in [3.63, 3.8) is 0 Å². The quantitative estimate of drug-likeness (QED) is 0.743. The van der Waals surface area contributed by atoms with Crippen LogP contribution in [0.25, 0.3) is 5.70 Å². The predicted molar refractivity (Wildman–Crippen MR) is 82.2 cm³/mol. The molecular formula is C17H22N2. The summed E-state index contributed by atoms with van der Waals surface area (Å²) in [5, 5.41) is 7.90. The summed E-state index contributed by atoms with van der Waals surface area (Å²) in [4.78, 5) is 0. The molecule has 2 nitrogen and oxygen atoms in total. The summed E-state index contributed by atoms with van der Waals surface area (Å²) < 4.78 is 0. The highest BCUT2D eigenvalue weighted by Crippen LogP contribution is 2.32. The second-order valence-corrected chi connectivity index (χ2v) is 5.32. The molecule has 0 heterocycles. The minimum absolute atomic E-state index is 0.424. The molecule has 0 atom stereocenters. The first-order chi connectivity index (χ1) is 9.10. The summed E-state index contributed by atoms with van der Waals surface area (Å²) in [5.74, 6) is 0.874. The molecule has 2 rings (SSSR count). The van der Waals surface area contributed by atoms with Gasteiger partial charge in [-0.05, 0) is 60.4 Å². The van der Waals surface area contributed by atoms with Crippen LogP contribution in [0.3, 0.4) is 0 Å². The van der Waals surface area contributed by atoms with Crippen molar-refractivity contribution in [3.8, 4) is 0 Å². The molecule has 0 spiro atoms. The Balaban J connectivity index is 2.13. The Labute approximate surface area is 115 Å². The van der Waals surface area contributed by atoms with Gasteiger partial charge in [0.15, 0.2) is 0 Å². The third kappa shape index (κ3) is 3.82. The summed E-state index contributed by atoms with van der Waals surface area (Å²) in [6.07, 6.45) is 6.36. The van der Waals surface area contributed by atoms with Crippen molar-refractivity contribution in [2.45, 2.75) is 32.6 Å². The summed E-state index contributed by atoms with van der Waals surface area (Å²) >= 11 is 0. The van der Waals surface area contributed by atoms with E-state index in [0.717, 1.165) is 29.9 Å². The fourth-order valence-electron chi connectivity index (χ4n) is 2.06. The van der Waals surface area contributed by atoms with Crippen molar-refractivity contribution < 1.29 is 0 Å². The number of rotatable bonds is 6. The Bertz CT molecular complexity index is 522. The molecule has 0 aliphatic heterocycles. The Morgan fingerprint density at radius 3 is 2.84 bits per heavy atom. The van der Waals surface area contributed by atoms with Crippen molar-refractivity contribution in [2.24, 2.45) is 11.7 Å². The normalized spacial score (nSPS) is 15.3. The zero-order chi connectivity index (χ0) is 13.8. The lowest BCUT2D eigenvalue weighted by Gasteiger charge is -2.07. The standard InChI is InChI=1S/C17H22N2/c1-3-12(2)16(18)11-17(19)15-6-4-5-14(10-15)9-13-7-8-13/h4-6,10-11,13,18H,2-3,7-9,19H2,1H3/b17-11-,18-16?. The first-order valence-electron chi connectivity index (χ1n) is 6.93. The second kappa shape index (κ2) is 5.87. The van der Waals surface area contributed by atoms with Gasteiger partial charge in [0.2, 0.25) is 0 Å². The van der Waals surface area contributed by atoms with Crippen LogP contribution in [0.5, 0.6) is 0 Å². The van der Waals surface area contributed by atoms with Gasteiger partial charge in [-0.25, -0.2) is 0 Å². The number of hydrogen-bond acceptors (Lipinski definition) is 2. The van der Waals surface area contributed by atoms with Crippen molar-refractivity contribution >= 4 is 11.4 Å². The van der Waals surface area contributed by atoms with E-state index in [1.54, 1.807) is 6.08 Å². The van der Waals surface area contributed by atoms with Crippen molar-refractivity contribution in [2.75, 3.05) is 0 Å². The van der Waals surface area contributed by atoms with Crippen LogP contribution in [0.1, 0.15) is 37.3 Å². The molecule has 0 amide bonds. The molecule has 1 saturated carbocycles. The molecule has 0 bridgehead atoms. The zero-order valence-electron chi connectivity index (χ0n) is 11.6. The summed E-state index contributed by atoms with van der Waals surface area (Å²) in [6.45, 7) is 5.86. The zero-order valence-corrected chi connectivity index (χ0v) is 11.6. The van der Waals surface area contributed by atoms with Crippen LogP contribution in [0, 0.1) is 11.3 Å². The average molecular weight is 254 g/mol. The molecule has 0 saturated heterocycles. The van der Waals surface area contributed by atoms with E-state index in [1.807, 2.05) is 19.1 Å². The molecule has 1 aromatic carbocycles. The maximum atomic E-state index is 7.90. The Morgan fingerprint density at radius 2 is 2.21 bits per heavy atom. The molecule has 0 unspecified atom stereocenters. The van der Waals surface area contributed by atoms with Crippen molar-refractivity contribution in [1.29, 1.82) is 5.41 Å². The van der Waals surface area contributed by atoms with Crippen LogP contribution in [0.15, 0.2) is 42.5 Å². The summed E-state index contributed by atoms with van der Waals surface area (Å²) in [5.41, 5.74) is 10.3. The fraction of sp³-hybridized carbons (Fsp3) is 0.353. The highest BCUT2D eigenvalue weighted by atomic mass is 14.6. The molecule has 2 heteroatoms. The Hall–Kier alpha value is -1.83. The second-order valence-electron chi connectivity index (χ2n) is 5.32. The Kier molecular flexibility index (Phi) is 4.20. The number of hydrogen-bond donors (Lipinski definition) is 2. The number of nitrogens with one attached hydrogen (secondary N) is 1. The van der Waals surface area contributed by atoms with Crippen molar-refractivity contribution in [1.82, 2.24) is 0 Å². The van der Waals surface area contributed by atoms with Crippen LogP contribution in [0.2, 0.25) is 0 Å². The molecule has 1 aromatic rings. The van der Waals surface area contributed by atoms with Gasteiger partial charge in [0.25, 0.3) is 0 Å². The SMILES string of the molecule is C=C(CC)C(=N)/C=C(\N)c1cccc(CC2CC2)c1. The van der Waals surface area contributed by atoms with Gasteiger partial charge in [-0.1, -0.05) is 31.7 Å². The van der Waals surface area contributed by atoms with E-state index < -0.39 is 0 Å². The summed E-state index contributed by atoms with van der Waals surface area (Å²) in [6, 6.07) is 8.35.